The summed E-state index contributed by atoms with van der Waals surface area (Å²) in [5.41, 5.74) is 0.181. The lowest BCUT2D eigenvalue weighted by Crippen LogP contribution is -2.46. The molecule has 0 aromatic heterocycles. The summed E-state index contributed by atoms with van der Waals surface area (Å²) in [5, 5.41) is 2.61. The van der Waals surface area contributed by atoms with E-state index in [9.17, 15) is 17.6 Å². The number of amides is 1. The number of nitrogens with zero attached hydrogens (tertiary/aromatic N) is 2. The molecule has 0 saturated heterocycles. The Balaban J connectivity index is 1.98. The maximum absolute atomic E-state index is 13.2. The van der Waals surface area contributed by atoms with Crippen LogP contribution < -0.4 is 19.1 Å². The SMILES string of the molecule is COc1ccccc1OCCNC(=O)CN(c1ccc(F)cc1)S(=O)(=O)N(C)C. The second kappa shape index (κ2) is 10.1. The number of benzene rings is 2. The van der Waals surface area contributed by atoms with Crippen molar-refractivity contribution in [1.29, 1.82) is 0 Å². The first-order chi connectivity index (χ1) is 13.8. The Morgan fingerprint density at radius 3 is 2.28 bits per heavy atom. The predicted molar refractivity (Wildman–Crippen MR) is 108 cm³/mol. The fourth-order valence-electron chi connectivity index (χ4n) is 2.39. The summed E-state index contributed by atoms with van der Waals surface area (Å²) in [6.07, 6.45) is 0. The average molecular weight is 425 g/mol. The Kier molecular flexibility index (Phi) is 7.80. The molecule has 158 valence electrons. The van der Waals surface area contributed by atoms with Crippen LogP contribution >= 0.6 is 0 Å². The van der Waals surface area contributed by atoms with Gasteiger partial charge in [-0.25, -0.2) is 8.70 Å². The van der Waals surface area contributed by atoms with Gasteiger partial charge in [0.1, 0.15) is 19.0 Å². The van der Waals surface area contributed by atoms with Gasteiger partial charge in [0.25, 0.3) is 0 Å². The third kappa shape index (κ3) is 6.06. The first-order valence-corrected chi connectivity index (χ1v) is 10.1. The summed E-state index contributed by atoms with van der Waals surface area (Å²) in [6, 6.07) is 12.0. The van der Waals surface area contributed by atoms with Gasteiger partial charge in [-0.3, -0.25) is 4.79 Å². The molecule has 1 amide bonds. The average Bonchev–Trinajstić information content (AvgIpc) is 2.70. The molecule has 0 unspecified atom stereocenters. The van der Waals surface area contributed by atoms with Crippen LogP contribution in [-0.2, 0) is 15.0 Å². The van der Waals surface area contributed by atoms with Gasteiger partial charge in [0.15, 0.2) is 11.5 Å². The van der Waals surface area contributed by atoms with Crippen molar-refractivity contribution >= 4 is 21.8 Å². The van der Waals surface area contributed by atoms with Crippen LogP contribution in [0.4, 0.5) is 10.1 Å². The first-order valence-electron chi connectivity index (χ1n) is 8.74. The maximum atomic E-state index is 13.2. The van der Waals surface area contributed by atoms with Crippen LogP contribution in [0.15, 0.2) is 48.5 Å². The molecule has 0 fully saturated rings. The molecular weight excluding hydrogens is 401 g/mol. The highest BCUT2D eigenvalue weighted by Crippen LogP contribution is 2.25. The number of hydrogen-bond donors (Lipinski definition) is 1. The summed E-state index contributed by atoms with van der Waals surface area (Å²) >= 11 is 0. The molecule has 10 heteroatoms. The molecule has 0 radical (unpaired) electrons. The van der Waals surface area contributed by atoms with Gasteiger partial charge in [0, 0.05) is 14.1 Å². The van der Waals surface area contributed by atoms with Crippen molar-refractivity contribution in [1.82, 2.24) is 9.62 Å². The van der Waals surface area contributed by atoms with E-state index in [1.54, 1.807) is 18.2 Å². The quantitative estimate of drug-likeness (QED) is 0.585. The number of ether oxygens (including phenoxy) is 2. The number of methoxy groups -OCH3 is 1. The molecule has 0 heterocycles. The van der Waals surface area contributed by atoms with Crippen LogP contribution in [0, 0.1) is 5.82 Å². The van der Waals surface area contributed by atoms with Crippen molar-refractivity contribution in [2.24, 2.45) is 0 Å². The number of anilines is 1. The van der Waals surface area contributed by atoms with Crippen LogP contribution in [0.25, 0.3) is 0 Å². The van der Waals surface area contributed by atoms with Crippen LogP contribution in [-0.4, -0.2) is 59.5 Å². The van der Waals surface area contributed by atoms with Gasteiger partial charge in [0.2, 0.25) is 5.91 Å². The molecule has 0 bridgehead atoms. The summed E-state index contributed by atoms with van der Waals surface area (Å²) in [4.78, 5) is 12.3. The van der Waals surface area contributed by atoms with E-state index >= 15 is 0 Å². The highest BCUT2D eigenvalue weighted by molar-refractivity contribution is 7.90. The van der Waals surface area contributed by atoms with Gasteiger partial charge >= 0.3 is 10.2 Å². The van der Waals surface area contributed by atoms with E-state index < -0.39 is 28.5 Å². The second-order valence-corrected chi connectivity index (χ2v) is 8.19. The smallest absolute Gasteiger partial charge is 0.304 e. The minimum atomic E-state index is -3.95. The molecule has 0 aliphatic carbocycles. The van der Waals surface area contributed by atoms with Crippen molar-refractivity contribution in [2.75, 3.05) is 45.2 Å². The van der Waals surface area contributed by atoms with Crippen LogP contribution in [0.3, 0.4) is 0 Å². The minimum Gasteiger partial charge on any atom is -0.493 e. The fourth-order valence-corrected chi connectivity index (χ4v) is 3.45. The molecule has 1 N–H and O–H groups in total. The molecule has 0 aliphatic heterocycles. The Morgan fingerprint density at radius 2 is 1.69 bits per heavy atom. The summed E-state index contributed by atoms with van der Waals surface area (Å²) < 4.78 is 51.0. The van der Waals surface area contributed by atoms with Crippen molar-refractivity contribution < 1.29 is 27.1 Å². The van der Waals surface area contributed by atoms with E-state index in [1.165, 1.54) is 33.3 Å². The molecule has 8 nitrogen and oxygen atoms in total. The van der Waals surface area contributed by atoms with E-state index in [4.69, 9.17) is 9.47 Å². The zero-order valence-corrected chi connectivity index (χ0v) is 17.3. The van der Waals surface area contributed by atoms with Gasteiger partial charge in [-0.15, -0.1) is 0 Å². The number of halogens is 1. The van der Waals surface area contributed by atoms with Gasteiger partial charge in [-0.1, -0.05) is 12.1 Å². The topological polar surface area (TPSA) is 88.2 Å². The van der Waals surface area contributed by atoms with Crippen LogP contribution in [0.1, 0.15) is 0 Å². The van der Waals surface area contributed by atoms with Crippen molar-refractivity contribution in [2.45, 2.75) is 0 Å². The van der Waals surface area contributed by atoms with E-state index in [1.807, 2.05) is 6.07 Å². The fraction of sp³-hybridized carbons (Fsp3) is 0.316. The highest BCUT2D eigenvalue weighted by Gasteiger charge is 2.27. The van der Waals surface area contributed by atoms with Gasteiger partial charge in [-0.2, -0.15) is 12.7 Å². The Labute approximate surface area is 170 Å². The lowest BCUT2D eigenvalue weighted by Gasteiger charge is -2.26. The summed E-state index contributed by atoms with van der Waals surface area (Å²) in [7, 11) is 0.284. The molecule has 0 aliphatic rings. The third-order valence-electron chi connectivity index (χ3n) is 3.89. The van der Waals surface area contributed by atoms with Crippen LogP contribution in [0.5, 0.6) is 11.5 Å². The Hall–Kier alpha value is -2.85. The molecule has 2 rings (SSSR count). The van der Waals surface area contributed by atoms with Crippen molar-refractivity contribution in [3.05, 3.63) is 54.3 Å². The number of carbonyl (C=O) groups excluding carboxylic acids is 1. The minimum absolute atomic E-state index is 0.163. The van der Waals surface area contributed by atoms with E-state index in [2.05, 4.69) is 5.32 Å². The predicted octanol–water partition coefficient (Wildman–Crippen LogP) is 1.64. The molecule has 0 atom stereocenters. The van der Waals surface area contributed by atoms with E-state index in [-0.39, 0.29) is 18.8 Å². The number of hydrogen-bond acceptors (Lipinski definition) is 5. The molecule has 0 saturated carbocycles. The highest BCUT2D eigenvalue weighted by atomic mass is 32.2. The molecule has 0 spiro atoms. The van der Waals surface area contributed by atoms with Crippen molar-refractivity contribution in [3.63, 3.8) is 0 Å². The maximum Gasteiger partial charge on any atom is 0.304 e. The van der Waals surface area contributed by atoms with Crippen LogP contribution in [0.2, 0.25) is 0 Å². The zero-order chi connectivity index (χ0) is 21.4. The zero-order valence-electron chi connectivity index (χ0n) is 16.5. The summed E-state index contributed by atoms with van der Waals surface area (Å²) in [6.45, 7) is -0.125. The number of rotatable bonds is 10. The molecule has 2 aromatic carbocycles. The largest absolute Gasteiger partial charge is 0.493 e. The number of para-hydroxylation sites is 2. The van der Waals surface area contributed by atoms with Crippen molar-refractivity contribution in [3.8, 4) is 11.5 Å². The molecule has 2 aromatic rings. The summed E-state index contributed by atoms with van der Waals surface area (Å²) in [5.74, 6) is 0.0722. The number of nitrogens with one attached hydrogen (secondary N) is 1. The molecular formula is C19H24FN3O5S. The Morgan fingerprint density at radius 1 is 1.07 bits per heavy atom. The van der Waals surface area contributed by atoms with E-state index in [0.29, 0.717) is 11.5 Å². The van der Waals surface area contributed by atoms with Gasteiger partial charge < -0.3 is 14.8 Å². The second-order valence-electron chi connectivity index (χ2n) is 6.12. The molecule has 29 heavy (non-hydrogen) atoms. The van der Waals surface area contributed by atoms with E-state index in [0.717, 1.165) is 20.7 Å². The normalized spacial score (nSPS) is 11.2. The Bertz CT molecular complexity index is 920. The lowest BCUT2D eigenvalue weighted by molar-refractivity contribution is -0.119. The third-order valence-corrected chi connectivity index (χ3v) is 5.71. The monoisotopic (exact) mass is 425 g/mol. The number of carbonyl (C=O) groups is 1. The lowest BCUT2D eigenvalue weighted by atomic mass is 10.3. The standard InChI is InChI=1S/C19H24FN3O5S/c1-22(2)29(25,26)23(16-10-8-15(20)9-11-16)14-19(24)21-12-13-28-18-7-5-4-6-17(18)27-3/h4-11H,12-14H2,1-3H3,(H,21,24). The van der Waals surface area contributed by atoms with Gasteiger partial charge in [-0.05, 0) is 36.4 Å². The van der Waals surface area contributed by atoms with Gasteiger partial charge in [0.05, 0.1) is 19.3 Å². The first kappa shape index (κ1) is 22.4.